The summed E-state index contributed by atoms with van der Waals surface area (Å²) in [6.07, 6.45) is -0.799. The van der Waals surface area contributed by atoms with Crippen molar-refractivity contribution in [2.75, 3.05) is 6.61 Å². The van der Waals surface area contributed by atoms with E-state index in [-0.39, 0.29) is 19.0 Å². The first-order valence-corrected chi connectivity index (χ1v) is 8.67. The summed E-state index contributed by atoms with van der Waals surface area (Å²) in [6.45, 7) is 7.63. The molecule has 0 aliphatic rings. The molecular weight excluding hydrogens is 371 g/mol. The van der Waals surface area contributed by atoms with Gasteiger partial charge < -0.3 is 25.2 Å². The van der Waals surface area contributed by atoms with Crippen LogP contribution in [0.5, 0.6) is 0 Å². The average Bonchev–Trinajstić information content (AvgIpc) is 2.52. The van der Waals surface area contributed by atoms with E-state index in [2.05, 4.69) is 10.6 Å². The fourth-order valence-corrected chi connectivity index (χ4v) is 2.00. The molecule has 1 aromatic carbocycles. The highest BCUT2D eigenvalue weighted by atomic mass is 19.1. The number of hydrogen-bond acceptors (Lipinski definition) is 5. The zero-order chi connectivity index (χ0) is 21.5. The molecule has 0 aromatic heterocycles. The van der Waals surface area contributed by atoms with Gasteiger partial charge >= 0.3 is 12.1 Å². The van der Waals surface area contributed by atoms with Crippen molar-refractivity contribution in [3.8, 4) is 0 Å². The zero-order valence-electron chi connectivity index (χ0n) is 16.7. The molecule has 9 heteroatoms. The van der Waals surface area contributed by atoms with Crippen LogP contribution in [-0.4, -0.2) is 46.9 Å². The second-order valence-corrected chi connectivity index (χ2v) is 7.76. The number of carbonyl (C=O) groups is 3. The van der Waals surface area contributed by atoms with Gasteiger partial charge in [0.1, 0.15) is 17.0 Å². The molecule has 8 nitrogen and oxygen atoms in total. The maximum Gasteiger partial charge on any atom is 0.408 e. The SMILES string of the molecule is CC(C)(C)OC(=O)NC(C)(C)C(=O)NC(COCc1ccc(F)cc1)C(=O)O. The Balaban J connectivity index is 2.61. The van der Waals surface area contributed by atoms with E-state index in [1.807, 2.05) is 0 Å². The summed E-state index contributed by atoms with van der Waals surface area (Å²) in [6, 6.07) is 4.22. The van der Waals surface area contributed by atoms with Gasteiger partial charge in [0.2, 0.25) is 5.91 Å². The Morgan fingerprint density at radius 2 is 1.68 bits per heavy atom. The minimum absolute atomic E-state index is 0.0550. The van der Waals surface area contributed by atoms with Crippen LogP contribution in [0.1, 0.15) is 40.2 Å². The maximum atomic E-state index is 12.9. The van der Waals surface area contributed by atoms with Crippen LogP contribution < -0.4 is 10.6 Å². The summed E-state index contributed by atoms with van der Waals surface area (Å²) in [4.78, 5) is 35.7. The van der Waals surface area contributed by atoms with Crippen molar-refractivity contribution in [2.45, 2.75) is 58.4 Å². The van der Waals surface area contributed by atoms with Gasteiger partial charge in [0, 0.05) is 0 Å². The lowest BCUT2D eigenvalue weighted by Crippen LogP contribution is -2.59. The number of nitrogens with one attached hydrogen (secondary N) is 2. The highest BCUT2D eigenvalue weighted by molar-refractivity contribution is 5.92. The molecule has 2 amide bonds. The van der Waals surface area contributed by atoms with Gasteiger partial charge in [-0.05, 0) is 52.3 Å². The monoisotopic (exact) mass is 398 g/mol. The van der Waals surface area contributed by atoms with Crippen LogP contribution in [0.25, 0.3) is 0 Å². The van der Waals surface area contributed by atoms with E-state index < -0.39 is 35.2 Å². The predicted octanol–water partition coefficient (Wildman–Crippen LogP) is 2.21. The quantitative estimate of drug-likeness (QED) is 0.619. The first-order chi connectivity index (χ1) is 12.8. The molecule has 0 fully saturated rings. The number of rotatable bonds is 8. The lowest BCUT2D eigenvalue weighted by Gasteiger charge is -2.28. The second-order valence-electron chi connectivity index (χ2n) is 7.76. The van der Waals surface area contributed by atoms with Gasteiger partial charge in [-0.2, -0.15) is 0 Å². The normalized spacial score (nSPS) is 12.8. The third-order valence-electron chi connectivity index (χ3n) is 3.45. The Hall–Kier alpha value is -2.68. The van der Waals surface area contributed by atoms with Crippen molar-refractivity contribution in [1.82, 2.24) is 10.6 Å². The van der Waals surface area contributed by atoms with E-state index in [1.165, 1.54) is 38.1 Å². The number of carboxylic acid groups (broad SMARTS) is 1. The fraction of sp³-hybridized carbons (Fsp3) is 0.526. The minimum atomic E-state index is -1.41. The Bertz CT molecular complexity index is 697. The van der Waals surface area contributed by atoms with Crippen LogP contribution in [0.15, 0.2) is 24.3 Å². The van der Waals surface area contributed by atoms with Crippen LogP contribution >= 0.6 is 0 Å². The molecule has 0 saturated heterocycles. The van der Waals surface area contributed by atoms with Gasteiger partial charge in [0.15, 0.2) is 6.04 Å². The number of hydrogen-bond donors (Lipinski definition) is 3. The minimum Gasteiger partial charge on any atom is -0.480 e. The van der Waals surface area contributed by atoms with Crippen LogP contribution in [0.4, 0.5) is 9.18 Å². The largest absolute Gasteiger partial charge is 0.480 e. The van der Waals surface area contributed by atoms with Crippen LogP contribution in [0, 0.1) is 5.82 Å². The van der Waals surface area contributed by atoms with Gasteiger partial charge in [0.05, 0.1) is 13.2 Å². The standard InChI is InChI=1S/C19H27FN2O6/c1-18(2,3)28-17(26)22-19(4,5)16(25)21-14(15(23)24)11-27-10-12-6-8-13(20)9-7-12/h6-9,14H,10-11H2,1-5H3,(H,21,25)(H,22,26)(H,23,24). The molecule has 0 saturated carbocycles. The molecule has 1 unspecified atom stereocenters. The van der Waals surface area contributed by atoms with Crippen LogP contribution in [-0.2, 0) is 25.7 Å². The molecule has 1 aromatic rings. The van der Waals surface area contributed by atoms with Crippen molar-refractivity contribution in [3.63, 3.8) is 0 Å². The third kappa shape index (κ3) is 8.34. The van der Waals surface area contributed by atoms with E-state index in [9.17, 15) is 23.9 Å². The number of carboxylic acids is 1. The molecule has 28 heavy (non-hydrogen) atoms. The summed E-state index contributed by atoms with van der Waals surface area (Å²) in [5.41, 5.74) is -1.50. The van der Waals surface area contributed by atoms with Crippen molar-refractivity contribution in [2.24, 2.45) is 0 Å². The third-order valence-corrected chi connectivity index (χ3v) is 3.45. The topological polar surface area (TPSA) is 114 Å². The number of ether oxygens (including phenoxy) is 2. The second kappa shape index (κ2) is 9.50. The Labute approximate surface area is 163 Å². The molecule has 3 N–H and O–H groups in total. The maximum absolute atomic E-state index is 12.9. The van der Waals surface area contributed by atoms with Crippen LogP contribution in [0.2, 0.25) is 0 Å². The first kappa shape index (κ1) is 23.4. The number of amides is 2. The summed E-state index contributed by atoms with van der Waals surface area (Å²) in [5, 5.41) is 14.0. The molecule has 1 rings (SSSR count). The van der Waals surface area contributed by atoms with Gasteiger partial charge in [-0.3, -0.25) is 4.79 Å². The van der Waals surface area contributed by atoms with E-state index in [0.29, 0.717) is 5.56 Å². The van der Waals surface area contributed by atoms with E-state index in [4.69, 9.17) is 9.47 Å². The van der Waals surface area contributed by atoms with Gasteiger partial charge in [0.25, 0.3) is 0 Å². The molecule has 0 heterocycles. The Kier molecular flexibility index (Phi) is 7.92. The lowest BCUT2D eigenvalue weighted by molar-refractivity contribution is -0.144. The summed E-state index contributed by atoms with van der Waals surface area (Å²) < 4.78 is 23.3. The van der Waals surface area contributed by atoms with Gasteiger partial charge in [-0.25, -0.2) is 14.0 Å². The molecule has 0 aliphatic heterocycles. The number of alkyl carbamates (subject to hydrolysis) is 1. The zero-order valence-corrected chi connectivity index (χ0v) is 16.7. The summed E-state index contributed by atoms with van der Waals surface area (Å²) >= 11 is 0. The van der Waals surface area contributed by atoms with E-state index >= 15 is 0 Å². The van der Waals surface area contributed by atoms with Gasteiger partial charge in [-0.1, -0.05) is 12.1 Å². The van der Waals surface area contributed by atoms with Crippen molar-refractivity contribution in [1.29, 1.82) is 0 Å². The number of carbonyl (C=O) groups excluding carboxylic acids is 2. The van der Waals surface area contributed by atoms with Crippen LogP contribution in [0.3, 0.4) is 0 Å². The molecule has 0 spiro atoms. The number of aliphatic carboxylic acids is 1. The van der Waals surface area contributed by atoms with E-state index in [0.717, 1.165) is 0 Å². The summed E-state index contributed by atoms with van der Waals surface area (Å²) in [5.74, 6) is -2.39. The van der Waals surface area contributed by atoms with E-state index in [1.54, 1.807) is 20.8 Å². The molecule has 156 valence electrons. The van der Waals surface area contributed by atoms with Crippen molar-refractivity contribution >= 4 is 18.0 Å². The van der Waals surface area contributed by atoms with Crippen molar-refractivity contribution < 1.29 is 33.4 Å². The highest BCUT2D eigenvalue weighted by Crippen LogP contribution is 2.10. The fourth-order valence-electron chi connectivity index (χ4n) is 2.00. The average molecular weight is 398 g/mol. The molecule has 0 aliphatic carbocycles. The molecular formula is C19H27FN2O6. The number of benzene rings is 1. The first-order valence-electron chi connectivity index (χ1n) is 8.67. The number of halogens is 1. The molecule has 1 atom stereocenters. The Morgan fingerprint density at radius 3 is 2.18 bits per heavy atom. The highest BCUT2D eigenvalue weighted by Gasteiger charge is 2.34. The summed E-state index contributed by atoms with van der Waals surface area (Å²) in [7, 11) is 0. The van der Waals surface area contributed by atoms with Crippen molar-refractivity contribution in [3.05, 3.63) is 35.6 Å². The molecule has 0 radical (unpaired) electrons. The molecule has 0 bridgehead atoms. The predicted molar refractivity (Wildman–Crippen MR) is 99.1 cm³/mol. The van der Waals surface area contributed by atoms with Gasteiger partial charge in [-0.15, -0.1) is 0 Å². The lowest BCUT2D eigenvalue weighted by atomic mass is 10.0. The smallest absolute Gasteiger partial charge is 0.408 e. The Morgan fingerprint density at radius 1 is 1.11 bits per heavy atom.